The van der Waals surface area contributed by atoms with Gasteiger partial charge in [0.1, 0.15) is 40.4 Å². The van der Waals surface area contributed by atoms with Gasteiger partial charge in [0, 0.05) is 21.9 Å². The van der Waals surface area contributed by atoms with Crippen LogP contribution in [0.25, 0.3) is 53.9 Å². The number of methoxy groups -OCH3 is 2. The lowest BCUT2D eigenvalue weighted by Gasteiger charge is -2.38. The van der Waals surface area contributed by atoms with Gasteiger partial charge in [-0.1, -0.05) is 136 Å². The summed E-state index contributed by atoms with van der Waals surface area (Å²) in [5.74, 6) is 16.3. The minimum Gasteiger partial charge on any atom is -0.508 e. The third kappa shape index (κ3) is 13.7. The molecule has 0 unspecified atom stereocenters. The topological polar surface area (TPSA) is 79.2 Å². The van der Waals surface area contributed by atoms with Crippen LogP contribution < -0.4 is 9.47 Å². The number of rotatable bonds is 2. The number of hydrogen-bond donors (Lipinski definition) is 3. The SMILES string of the molecule is COc1ccc2c(F)cc3c(c2c1)CC[C@]1(C)C[C@H](C)C[C@@H]31.COc1ccc2ccc3c(c2c1)CC[C@]1(C)C[C@H](C)C[C@@H]31.C[C@@H]1C[C@H]2c3cc(C#Cc4ccccc4)c4ccc(O)cc4c3CC[C@]2(C)C1.C[C@@H]1C[C@H]2c3cc(F)c4ccc(O)cc4c3CC[C@]2(C)C1.C[C@@H]1C[C@H]2c3ccc4ccc(O)cc4c3CC[C@]2(C)C1. The molecule has 11 aromatic rings. The second-order valence-electron chi connectivity index (χ2n) is 38.8. The lowest BCUT2D eigenvalue weighted by Crippen LogP contribution is -2.27. The van der Waals surface area contributed by atoms with Gasteiger partial charge >= 0.3 is 0 Å². The van der Waals surface area contributed by atoms with Crippen molar-refractivity contribution in [2.24, 2.45) is 56.7 Å². The number of hydrogen-bond acceptors (Lipinski definition) is 5. The molecule has 0 spiro atoms. The van der Waals surface area contributed by atoms with Crippen molar-refractivity contribution >= 4 is 53.9 Å². The van der Waals surface area contributed by atoms with Crippen LogP contribution >= 0.6 is 0 Å². The molecule has 0 bridgehead atoms. The lowest BCUT2D eigenvalue weighted by molar-refractivity contribution is 0.248. The van der Waals surface area contributed by atoms with Crippen molar-refractivity contribution in [1.29, 1.82) is 0 Å². The van der Waals surface area contributed by atoms with E-state index in [9.17, 15) is 24.1 Å². The summed E-state index contributed by atoms with van der Waals surface area (Å²) in [6, 6.07) is 54.2. The number of fused-ring (bicyclic) bond motifs is 25. The number of benzene rings is 11. The van der Waals surface area contributed by atoms with Crippen molar-refractivity contribution in [3.05, 3.63) is 242 Å². The molecule has 112 heavy (non-hydrogen) atoms. The molecular formula is C105H116F2O5. The fourth-order valence-corrected chi connectivity index (χ4v) is 25.6. The molecule has 5 saturated carbocycles. The Balaban J connectivity index is 0.000000102. The van der Waals surface area contributed by atoms with Crippen LogP contribution in [0.15, 0.2) is 164 Å². The standard InChI is InChI=1S/C27H26O.C20H23FO.C20H24O.C19H21FO.C19H22O/c1-18-14-26-25-15-20(9-8-19-6-4-3-5-7-19)22-11-10-21(28)16-24(22)23(25)12-13-27(26,2)17-18;1-12-8-18-17-10-19(21)15-5-4-13(22-3)9-16(15)14(17)6-7-20(18,2)11-12;1-13-10-19-17-7-5-14-4-6-15(21-3)11-18(14)16(17)8-9-20(19,2)12-13;1-11-7-17-16-9-18(20)14-4-3-12(21)8-15(14)13(16)5-6-19(17,2)10-11;1-12-9-18-16-6-4-13-3-5-14(20)10-17(13)15(16)7-8-19(18,2)11-12/h3-7,10-11,15-16,18,26,28H,12-14,17H2,1-2H3;4-5,9-10,12,18H,6-8,11H2,1-3H3;4-7,11,13,19H,8-10,12H2,1-3H3;3-4,8-9,11,17,21H,5-7,10H2,1-2H3;3-6,10,12,18,20H,7-9,11H2,1-2H3/t18-,26+,27-;12-,18+,20-;13-,19+,20-;11-,17+,19-;12-,18+,19-/m11111/s1. The second kappa shape index (κ2) is 29.2. The first-order valence-corrected chi connectivity index (χ1v) is 42.6. The summed E-state index contributed by atoms with van der Waals surface area (Å²) in [6.45, 7) is 24.1. The molecule has 15 atom stereocenters. The van der Waals surface area contributed by atoms with E-state index in [1.54, 1.807) is 67.3 Å². The molecule has 0 aromatic heterocycles. The molecule has 21 rings (SSSR count). The summed E-state index contributed by atoms with van der Waals surface area (Å²) in [5, 5.41) is 40.7. The van der Waals surface area contributed by atoms with Crippen LogP contribution in [-0.4, -0.2) is 29.5 Å². The van der Waals surface area contributed by atoms with Crippen molar-refractivity contribution in [3.8, 4) is 40.6 Å². The van der Waals surface area contributed by atoms with Gasteiger partial charge in [0.05, 0.1) is 14.2 Å². The maximum Gasteiger partial charge on any atom is 0.131 e. The van der Waals surface area contributed by atoms with E-state index in [1.165, 1.54) is 162 Å². The van der Waals surface area contributed by atoms with E-state index in [1.807, 2.05) is 66.7 Å². The van der Waals surface area contributed by atoms with E-state index in [0.717, 1.165) is 106 Å². The number of phenols is 3. The molecule has 0 radical (unpaired) electrons. The molecule has 11 aromatic carbocycles. The van der Waals surface area contributed by atoms with Gasteiger partial charge in [-0.15, -0.1) is 0 Å². The van der Waals surface area contributed by atoms with Crippen LogP contribution in [0.3, 0.4) is 0 Å². The Hall–Kier alpha value is -8.86. The van der Waals surface area contributed by atoms with E-state index < -0.39 is 0 Å². The molecule has 580 valence electrons. The van der Waals surface area contributed by atoms with E-state index in [-0.39, 0.29) is 17.4 Å². The van der Waals surface area contributed by atoms with Gasteiger partial charge in [-0.25, -0.2) is 8.78 Å². The van der Waals surface area contributed by atoms with Gasteiger partial charge in [-0.3, -0.25) is 0 Å². The highest BCUT2D eigenvalue weighted by Crippen LogP contribution is 2.64. The molecule has 0 amide bonds. The summed E-state index contributed by atoms with van der Waals surface area (Å²) in [5.41, 5.74) is 18.5. The Bertz CT molecular complexity index is 5570. The van der Waals surface area contributed by atoms with Crippen LogP contribution in [0.1, 0.15) is 262 Å². The monoisotopic (exact) mass is 1490 g/mol. The van der Waals surface area contributed by atoms with Gasteiger partial charge in [0.2, 0.25) is 0 Å². The average Bonchev–Trinajstić information content (AvgIpc) is 1.41. The first-order valence-electron chi connectivity index (χ1n) is 42.6. The van der Waals surface area contributed by atoms with E-state index in [4.69, 9.17) is 9.47 Å². The number of aryl methyl sites for hydroxylation is 5. The first-order chi connectivity index (χ1) is 53.7. The van der Waals surface area contributed by atoms with Crippen LogP contribution in [-0.2, 0) is 32.1 Å². The van der Waals surface area contributed by atoms with E-state index in [0.29, 0.717) is 73.5 Å². The number of halogens is 2. The zero-order valence-corrected chi connectivity index (χ0v) is 68.4. The second-order valence-corrected chi connectivity index (χ2v) is 38.8. The van der Waals surface area contributed by atoms with Crippen LogP contribution in [0.4, 0.5) is 8.78 Å². The first kappa shape index (κ1) is 75.8. The maximum absolute atomic E-state index is 14.6. The zero-order valence-electron chi connectivity index (χ0n) is 68.4. The Kier molecular flexibility index (Phi) is 19.8. The van der Waals surface area contributed by atoms with Gasteiger partial charge in [-0.05, 0) is 423 Å². The molecule has 5 nitrogen and oxygen atoms in total. The van der Waals surface area contributed by atoms with Crippen molar-refractivity contribution in [2.75, 3.05) is 14.2 Å². The summed E-state index contributed by atoms with van der Waals surface area (Å²) >= 11 is 0. The molecule has 0 heterocycles. The Morgan fingerprint density at radius 3 is 1.06 bits per heavy atom. The normalized spacial score (nSPS) is 29.7. The number of ether oxygens (including phenoxy) is 2. The fraction of sp³-hybridized carbons (Fsp3) is 0.448. The summed E-state index contributed by atoms with van der Waals surface area (Å²) in [4.78, 5) is 0. The molecule has 0 aliphatic heterocycles. The fourth-order valence-electron chi connectivity index (χ4n) is 25.6. The predicted octanol–water partition coefficient (Wildman–Crippen LogP) is 27.3. The van der Waals surface area contributed by atoms with Crippen molar-refractivity contribution in [2.45, 2.75) is 227 Å². The molecular weight excluding hydrogens is 1380 g/mol. The minimum atomic E-state index is -0.146. The maximum atomic E-state index is 14.6. The van der Waals surface area contributed by atoms with Crippen LogP contribution in [0.5, 0.6) is 28.7 Å². The predicted molar refractivity (Wildman–Crippen MR) is 458 cm³/mol. The van der Waals surface area contributed by atoms with Crippen molar-refractivity contribution < 1.29 is 33.6 Å². The highest BCUT2D eigenvalue weighted by atomic mass is 19.1. The Morgan fingerprint density at radius 1 is 0.321 bits per heavy atom. The Morgan fingerprint density at radius 2 is 0.634 bits per heavy atom. The molecule has 10 aliphatic carbocycles. The summed E-state index contributed by atoms with van der Waals surface area (Å²) in [6.07, 6.45) is 24.7. The van der Waals surface area contributed by atoms with Gasteiger partial charge < -0.3 is 24.8 Å². The van der Waals surface area contributed by atoms with E-state index >= 15 is 0 Å². The largest absolute Gasteiger partial charge is 0.508 e. The van der Waals surface area contributed by atoms with Crippen molar-refractivity contribution in [1.82, 2.24) is 0 Å². The van der Waals surface area contributed by atoms with Crippen LogP contribution in [0, 0.1) is 80.1 Å². The number of phenolic OH excluding ortho intramolecular Hbond substituents is 3. The average molecular weight is 1500 g/mol. The summed E-state index contributed by atoms with van der Waals surface area (Å²) in [7, 11) is 3.43. The van der Waals surface area contributed by atoms with Gasteiger partial charge in [0.25, 0.3) is 0 Å². The third-order valence-electron chi connectivity index (χ3n) is 30.6. The smallest absolute Gasteiger partial charge is 0.131 e. The van der Waals surface area contributed by atoms with E-state index in [2.05, 4.69) is 142 Å². The van der Waals surface area contributed by atoms with Crippen molar-refractivity contribution in [3.63, 3.8) is 0 Å². The molecule has 0 saturated heterocycles. The highest BCUT2D eigenvalue weighted by Gasteiger charge is 2.51. The Labute approximate surface area is 664 Å². The van der Waals surface area contributed by atoms with Crippen LogP contribution in [0.2, 0.25) is 0 Å². The minimum absolute atomic E-state index is 0.0831. The zero-order chi connectivity index (χ0) is 78.1. The quantitative estimate of drug-likeness (QED) is 0.150. The molecule has 10 aliphatic rings. The van der Waals surface area contributed by atoms with Gasteiger partial charge in [-0.2, -0.15) is 0 Å². The highest BCUT2D eigenvalue weighted by molar-refractivity contribution is 5.95. The molecule has 7 heteroatoms. The molecule has 3 N–H and O–H groups in total. The number of aromatic hydroxyl groups is 3. The molecule has 5 fully saturated rings. The lowest BCUT2D eigenvalue weighted by atomic mass is 9.66. The summed E-state index contributed by atoms with van der Waals surface area (Å²) < 4.78 is 39.9. The third-order valence-corrected chi connectivity index (χ3v) is 30.6. The van der Waals surface area contributed by atoms with Gasteiger partial charge in [0.15, 0.2) is 0 Å².